The van der Waals surface area contributed by atoms with Crippen molar-refractivity contribution in [2.75, 3.05) is 0 Å². The maximum atomic E-state index is 6.84. The van der Waals surface area contributed by atoms with Crippen molar-refractivity contribution in [3.8, 4) is 11.5 Å². The molecule has 2 heterocycles. The zero-order chi connectivity index (χ0) is 27.5. The van der Waals surface area contributed by atoms with Crippen LogP contribution in [0, 0.1) is 46.8 Å². The smallest absolute Gasteiger partial charge is 0.141 e. The largest absolute Gasteiger partial charge is 0.488 e. The van der Waals surface area contributed by atoms with Gasteiger partial charge in [-0.25, -0.2) is 0 Å². The van der Waals surface area contributed by atoms with Crippen LogP contribution >= 0.6 is 31.9 Å². The van der Waals surface area contributed by atoms with Gasteiger partial charge in [-0.3, -0.25) is 0 Å². The molecule has 2 nitrogen and oxygen atoms in total. The van der Waals surface area contributed by atoms with E-state index in [2.05, 4.69) is 141 Å². The lowest BCUT2D eigenvalue weighted by atomic mass is 9.57. The number of ether oxygens (including phenoxy) is 2. The van der Waals surface area contributed by atoms with Gasteiger partial charge in [-0.15, -0.1) is 0 Å². The highest BCUT2D eigenvalue weighted by molar-refractivity contribution is 9.12. The average Bonchev–Trinajstić information content (AvgIpc) is 3.34. The van der Waals surface area contributed by atoms with Gasteiger partial charge in [0.05, 0.1) is 11.3 Å². The summed E-state index contributed by atoms with van der Waals surface area (Å²) in [7, 11) is 0. The SMILES string of the molecule is BrC1=CC2=C(C3c4ccccc4OC13)C1C3C4Oc5ccccc5C43C(Br)=CC1C21C2C=CC=CC2C2C=CC=CC21. The average molecular weight is 676 g/mol. The van der Waals surface area contributed by atoms with Gasteiger partial charge in [-0.05, 0) is 59.3 Å². The number of rotatable bonds is 0. The third-order valence-electron chi connectivity index (χ3n) is 12.6. The zero-order valence-electron chi connectivity index (χ0n) is 22.7. The Kier molecular flexibility index (Phi) is 4.29. The van der Waals surface area contributed by atoms with Crippen LogP contribution in [0.4, 0.5) is 0 Å². The molecule has 0 N–H and O–H groups in total. The van der Waals surface area contributed by atoms with E-state index in [1.165, 1.54) is 20.1 Å². The van der Waals surface area contributed by atoms with Gasteiger partial charge in [-0.1, -0.05) is 129 Å². The number of allylic oxidation sites excluding steroid dienone is 11. The van der Waals surface area contributed by atoms with E-state index in [1.807, 2.05) is 0 Å². The lowest BCUT2D eigenvalue weighted by Gasteiger charge is -2.46. The van der Waals surface area contributed by atoms with Crippen LogP contribution in [0.15, 0.2) is 129 Å². The second-order valence-corrected chi connectivity index (χ2v) is 15.4. The summed E-state index contributed by atoms with van der Waals surface area (Å²) in [5, 5.41) is 0. The molecule has 2 fully saturated rings. The van der Waals surface area contributed by atoms with Crippen molar-refractivity contribution in [1.82, 2.24) is 0 Å². The van der Waals surface area contributed by atoms with Crippen LogP contribution in [0.2, 0.25) is 0 Å². The van der Waals surface area contributed by atoms with Crippen LogP contribution in [0.1, 0.15) is 17.0 Å². The first-order chi connectivity index (χ1) is 20.7. The Balaban J connectivity index is 1.22. The summed E-state index contributed by atoms with van der Waals surface area (Å²) in [6.07, 6.45) is 24.6. The van der Waals surface area contributed by atoms with Gasteiger partial charge in [0.15, 0.2) is 0 Å². The van der Waals surface area contributed by atoms with Crippen molar-refractivity contribution in [2.24, 2.45) is 46.8 Å². The second-order valence-electron chi connectivity index (χ2n) is 13.6. The minimum atomic E-state index is -0.0870. The molecule has 4 heteroatoms. The predicted octanol–water partition coefficient (Wildman–Crippen LogP) is 8.70. The Bertz CT molecular complexity index is 1820. The van der Waals surface area contributed by atoms with Crippen molar-refractivity contribution in [2.45, 2.75) is 23.5 Å². The number of hydrogen-bond donors (Lipinski definition) is 0. The molecule has 0 radical (unpaired) electrons. The first-order valence-electron chi connectivity index (χ1n) is 15.4. The summed E-state index contributed by atoms with van der Waals surface area (Å²) < 4.78 is 16.1. The van der Waals surface area contributed by atoms with Gasteiger partial charge in [0.25, 0.3) is 0 Å². The summed E-state index contributed by atoms with van der Waals surface area (Å²) in [5.41, 5.74) is 5.77. The molecule has 11 unspecified atom stereocenters. The van der Waals surface area contributed by atoms with Crippen molar-refractivity contribution >= 4 is 31.9 Å². The van der Waals surface area contributed by atoms with Crippen molar-refractivity contribution in [3.63, 3.8) is 0 Å². The summed E-state index contributed by atoms with van der Waals surface area (Å²) in [6.45, 7) is 0. The van der Waals surface area contributed by atoms with Crippen LogP contribution in [0.5, 0.6) is 11.5 Å². The summed E-state index contributed by atoms with van der Waals surface area (Å²) in [5.74, 6) is 5.30. The predicted molar refractivity (Wildman–Crippen MR) is 171 cm³/mol. The van der Waals surface area contributed by atoms with E-state index in [1.54, 1.807) is 11.1 Å². The van der Waals surface area contributed by atoms with Crippen LogP contribution in [-0.4, -0.2) is 12.2 Å². The van der Waals surface area contributed by atoms with E-state index in [0.717, 1.165) is 11.5 Å². The Morgan fingerprint density at radius 3 is 2.19 bits per heavy atom. The molecule has 2 spiro atoms. The van der Waals surface area contributed by atoms with E-state index in [0.29, 0.717) is 41.4 Å². The highest BCUT2D eigenvalue weighted by Crippen LogP contribution is 2.82. The van der Waals surface area contributed by atoms with Crippen LogP contribution in [0.3, 0.4) is 0 Å². The van der Waals surface area contributed by atoms with Gasteiger partial charge in [-0.2, -0.15) is 0 Å². The van der Waals surface area contributed by atoms with Crippen molar-refractivity contribution in [3.05, 3.63) is 141 Å². The molecular weight excluding hydrogens is 648 g/mol. The molecule has 2 aromatic rings. The van der Waals surface area contributed by atoms with E-state index >= 15 is 0 Å². The first kappa shape index (κ1) is 23.6. The topological polar surface area (TPSA) is 18.5 Å². The molecule has 2 saturated carbocycles. The third kappa shape index (κ3) is 2.37. The Morgan fingerprint density at radius 1 is 0.714 bits per heavy atom. The molecule has 11 rings (SSSR count). The highest BCUT2D eigenvalue weighted by Gasteiger charge is 2.82. The minimum absolute atomic E-state index is 0.00868. The minimum Gasteiger partial charge on any atom is -0.488 e. The molecule has 0 saturated heterocycles. The normalized spacial score (nSPS) is 46.2. The fourth-order valence-electron chi connectivity index (χ4n) is 11.4. The number of benzene rings is 2. The quantitative estimate of drug-likeness (QED) is 0.278. The van der Waals surface area contributed by atoms with Crippen LogP contribution in [-0.2, 0) is 5.41 Å². The molecule has 2 aromatic carbocycles. The number of fused-ring (bicyclic) bond motifs is 16. The molecule has 0 aromatic heterocycles. The third-order valence-corrected chi connectivity index (χ3v) is 14.2. The monoisotopic (exact) mass is 674 g/mol. The van der Waals surface area contributed by atoms with Crippen LogP contribution in [0.25, 0.3) is 0 Å². The maximum absolute atomic E-state index is 6.84. The molecule has 9 aliphatic rings. The summed E-state index contributed by atoms with van der Waals surface area (Å²) >= 11 is 8.34. The molecule has 0 amide bonds. The molecular formula is C38H28Br2O2. The molecule has 7 aliphatic carbocycles. The van der Waals surface area contributed by atoms with Crippen LogP contribution < -0.4 is 9.47 Å². The fourth-order valence-corrected chi connectivity index (χ4v) is 13.0. The Labute approximate surface area is 262 Å². The zero-order valence-corrected chi connectivity index (χ0v) is 25.9. The van der Waals surface area contributed by atoms with E-state index in [9.17, 15) is 0 Å². The second kappa shape index (κ2) is 7.63. The summed E-state index contributed by atoms with van der Waals surface area (Å²) in [6, 6.07) is 17.5. The van der Waals surface area contributed by atoms with E-state index < -0.39 is 0 Å². The van der Waals surface area contributed by atoms with Crippen molar-refractivity contribution < 1.29 is 9.47 Å². The molecule has 2 aliphatic heterocycles. The lowest BCUT2D eigenvalue weighted by Crippen LogP contribution is -2.42. The molecule has 206 valence electrons. The lowest BCUT2D eigenvalue weighted by molar-refractivity contribution is 0.130. The maximum Gasteiger partial charge on any atom is 0.141 e. The Morgan fingerprint density at radius 2 is 1.40 bits per heavy atom. The standard InChI is InChI=1S/C38H28Br2O2/c39-27-17-25-32(31-21-11-3-7-15-28(21)41-35(27)31)33-26(18-30(40)38-24-14-6-8-16-29(24)42-36(38)34(33)38)37(25)22-12-4-1-9-19(22)20-10-2-5-13-23(20)37/h1-20,22-23,26,31,33-36H. The number of halogens is 2. The first-order valence-corrected chi connectivity index (χ1v) is 17.0. The van der Waals surface area contributed by atoms with Gasteiger partial charge in [0.1, 0.15) is 23.7 Å². The van der Waals surface area contributed by atoms with Crippen molar-refractivity contribution in [1.29, 1.82) is 0 Å². The van der Waals surface area contributed by atoms with E-state index in [-0.39, 0.29) is 29.0 Å². The molecule has 42 heavy (non-hydrogen) atoms. The van der Waals surface area contributed by atoms with Gasteiger partial charge in [0, 0.05) is 31.4 Å². The molecule has 11 atom stereocenters. The van der Waals surface area contributed by atoms with Gasteiger partial charge >= 0.3 is 0 Å². The van der Waals surface area contributed by atoms with Gasteiger partial charge < -0.3 is 9.47 Å². The highest BCUT2D eigenvalue weighted by atomic mass is 79.9. The Hall–Kier alpha value is -2.82. The van der Waals surface area contributed by atoms with Gasteiger partial charge in [0.2, 0.25) is 0 Å². The number of para-hydroxylation sites is 2. The number of hydrogen-bond acceptors (Lipinski definition) is 2. The fraction of sp³-hybridized carbons (Fsp3) is 0.316. The molecule has 0 bridgehead atoms. The summed E-state index contributed by atoms with van der Waals surface area (Å²) in [4.78, 5) is 0. The van der Waals surface area contributed by atoms with E-state index in [4.69, 9.17) is 9.47 Å².